The van der Waals surface area contributed by atoms with Gasteiger partial charge in [-0.2, -0.15) is 4.37 Å². The van der Waals surface area contributed by atoms with Gasteiger partial charge in [-0.1, -0.05) is 0 Å². The topological polar surface area (TPSA) is 17.8 Å². The highest BCUT2D eigenvalue weighted by Gasteiger charge is 2.08. The zero-order chi connectivity index (χ0) is 8.72. The maximum atomic E-state index is 4.32. The third kappa shape index (κ3) is 0.966. The Balaban J connectivity index is 2.71. The van der Waals surface area contributed by atoms with Crippen LogP contribution in [0.4, 0.5) is 0 Å². The van der Waals surface area contributed by atoms with E-state index < -0.39 is 0 Å². The monoisotopic (exact) mass is 180 g/mol. The van der Waals surface area contributed by atoms with E-state index in [9.17, 15) is 0 Å². The number of fused-ring (bicyclic) bond motifs is 1. The van der Waals surface area contributed by atoms with Crippen molar-refractivity contribution in [3.63, 3.8) is 0 Å². The van der Waals surface area contributed by atoms with Crippen LogP contribution < -0.4 is 0 Å². The average Bonchev–Trinajstić information content (AvgIpc) is 2.53. The molecule has 3 heteroatoms. The number of rotatable bonds is 1. The van der Waals surface area contributed by atoms with Gasteiger partial charge in [0.2, 0.25) is 0 Å². The van der Waals surface area contributed by atoms with E-state index in [2.05, 4.69) is 42.0 Å². The Morgan fingerprint density at radius 3 is 2.92 bits per heavy atom. The number of hydrogen-bond acceptors (Lipinski definition) is 2. The first-order valence-corrected chi connectivity index (χ1v) is 4.90. The molecule has 12 heavy (non-hydrogen) atoms. The molecule has 0 aliphatic heterocycles. The van der Waals surface area contributed by atoms with Crippen LogP contribution >= 0.6 is 11.5 Å². The van der Waals surface area contributed by atoms with E-state index in [1.807, 2.05) is 0 Å². The van der Waals surface area contributed by atoms with Gasteiger partial charge in [-0.15, -0.1) is 0 Å². The molecule has 2 heterocycles. The minimum Gasteiger partial charge on any atom is -0.336 e. The van der Waals surface area contributed by atoms with Crippen LogP contribution in [0.5, 0.6) is 0 Å². The van der Waals surface area contributed by atoms with Crippen molar-refractivity contribution < 1.29 is 0 Å². The van der Waals surface area contributed by atoms with Gasteiger partial charge in [0.05, 0.1) is 5.69 Å². The van der Waals surface area contributed by atoms with Crippen molar-refractivity contribution in [2.75, 3.05) is 0 Å². The first-order chi connectivity index (χ1) is 5.70. The lowest BCUT2D eigenvalue weighted by Gasteiger charge is -2.05. The maximum Gasteiger partial charge on any atom is 0.123 e. The molecule has 0 aliphatic rings. The second-order valence-electron chi connectivity index (χ2n) is 3.30. The molecule has 0 N–H and O–H groups in total. The highest BCUT2D eigenvalue weighted by Crippen LogP contribution is 2.25. The van der Waals surface area contributed by atoms with E-state index >= 15 is 0 Å². The smallest absolute Gasteiger partial charge is 0.123 e. The third-order valence-corrected chi connectivity index (χ3v) is 3.05. The quantitative estimate of drug-likeness (QED) is 0.659. The van der Waals surface area contributed by atoms with Gasteiger partial charge in [0.15, 0.2) is 0 Å². The van der Waals surface area contributed by atoms with E-state index in [4.69, 9.17) is 0 Å². The van der Waals surface area contributed by atoms with Crippen LogP contribution in [-0.2, 0) is 0 Å². The van der Waals surface area contributed by atoms with Gasteiger partial charge >= 0.3 is 0 Å². The van der Waals surface area contributed by atoms with Crippen molar-refractivity contribution in [1.82, 2.24) is 8.94 Å². The van der Waals surface area contributed by atoms with E-state index in [-0.39, 0.29) is 0 Å². The average molecular weight is 180 g/mol. The standard InChI is InChI=1S/C9H12N2S/c1-6(2)11-5-4-8-7(3)10-12-9(8)11/h4-6H,1-3H3. The van der Waals surface area contributed by atoms with Crippen LogP contribution in [-0.4, -0.2) is 8.94 Å². The molecule has 0 atom stereocenters. The Kier molecular flexibility index (Phi) is 1.68. The zero-order valence-electron chi connectivity index (χ0n) is 7.53. The second kappa shape index (κ2) is 2.59. The zero-order valence-corrected chi connectivity index (χ0v) is 8.35. The van der Waals surface area contributed by atoms with Gasteiger partial charge in [-0.05, 0) is 38.4 Å². The molecule has 0 unspecified atom stereocenters. The Morgan fingerprint density at radius 1 is 1.50 bits per heavy atom. The summed E-state index contributed by atoms with van der Waals surface area (Å²) in [5.41, 5.74) is 1.15. The predicted molar refractivity (Wildman–Crippen MR) is 52.7 cm³/mol. The van der Waals surface area contributed by atoms with Crippen LogP contribution in [0.3, 0.4) is 0 Å². The molecule has 2 rings (SSSR count). The van der Waals surface area contributed by atoms with Gasteiger partial charge in [-0.25, -0.2) is 0 Å². The lowest BCUT2D eigenvalue weighted by atomic mass is 10.3. The summed E-state index contributed by atoms with van der Waals surface area (Å²) in [7, 11) is 0. The summed E-state index contributed by atoms with van der Waals surface area (Å²) >= 11 is 1.59. The van der Waals surface area contributed by atoms with E-state index in [0.717, 1.165) is 5.69 Å². The first kappa shape index (κ1) is 7.80. The lowest BCUT2D eigenvalue weighted by Crippen LogP contribution is -1.95. The van der Waals surface area contributed by atoms with Crippen molar-refractivity contribution >= 4 is 21.7 Å². The fraction of sp³-hybridized carbons (Fsp3) is 0.444. The maximum absolute atomic E-state index is 4.32. The summed E-state index contributed by atoms with van der Waals surface area (Å²) in [6, 6.07) is 2.68. The molecule has 64 valence electrons. The van der Waals surface area contributed by atoms with Crippen molar-refractivity contribution in [2.45, 2.75) is 26.8 Å². The molecule has 0 saturated heterocycles. The number of hydrogen-bond donors (Lipinski definition) is 0. The Morgan fingerprint density at radius 2 is 2.25 bits per heavy atom. The Hall–Kier alpha value is -0.830. The largest absolute Gasteiger partial charge is 0.336 e. The molecule has 0 bridgehead atoms. The molecule has 0 amide bonds. The van der Waals surface area contributed by atoms with Gasteiger partial charge in [0, 0.05) is 17.6 Å². The van der Waals surface area contributed by atoms with Crippen molar-refractivity contribution in [1.29, 1.82) is 0 Å². The van der Waals surface area contributed by atoms with Gasteiger partial charge in [0.25, 0.3) is 0 Å². The number of aryl methyl sites for hydroxylation is 1. The molecule has 2 nitrogen and oxygen atoms in total. The molecular formula is C9H12N2S. The van der Waals surface area contributed by atoms with Crippen LogP contribution in [0.15, 0.2) is 12.3 Å². The normalized spacial score (nSPS) is 11.7. The van der Waals surface area contributed by atoms with Crippen molar-refractivity contribution in [3.8, 4) is 0 Å². The summed E-state index contributed by atoms with van der Waals surface area (Å²) in [6.07, 6.45) is 2.14. The van der Waals surface area contributed by atoms with E-state index in [1.165, 1.54) is 10.2 Å². The Labute approximate surface area is 76.0 Å². The van der Waals surface area contributed by atoms with Gasteiger partial charge < -0.3 is 4.57 Å². The molecule has 2 aromatic rings. The summed E-state index contributed by atoms with van der Waals surface area (Å²) in [4.78, 5) is 1.29. The molecule has 0 aliphatic carbocycles. The molecular weight excluding hydrogens is 168 g/mol. The Bertz CT molecular complexity index is 397. The SMILES string of the molecule is Cc1nsc2c1ccn2C(C)C. The molecule has 0 aromatic carbocycles. The second-order valence-corrected chi connectivity index (χ2v) is 4.06. The van der Waals surface area contributed by atoms with E-state index in [0.29, 0.717) is 6.04 Å². The van der Waals surface area contributed by atoms with Crippen molar-refractivity contribution in [2.24, 2.45) is 0 Å². The van der Waals surface area contributed by atoms with Crippen LogP contribution in [0.25, 0.3) is 10.2 Å². The molecule has 0 fully saturated rings. The highest BCUT2D eigenvalue weighted by atomic mass is 32.1. The van der Waals surface area contributed by atoms with E-state index in [1.54, 1.807) is 11.5 Å². The minimum absolute atomic E-state index is 0.530. The summed E-state index contributed by atoms with van der Waals surface area (Å²) in [5, 5.41) is 1.30. The number of aromatic nitrogens is 2. The molecule has 2 aromatic heterocycles. The summed E-state index contributed by atoms with van der Waals surface area (Å²) in [6.45, 7) is 6.44. The van der Waals surface area contributed by atoms with Gasteiger partial charge in [-0.3, -0.25) is 0 Å². The first-order valence-electron chi connectivity index (χ1n) is 4.13. The third-order valence-electron chi connectivity index (χ3n) is 2.08. The molecule has 0 radical (unpaired) electrons. The fourth-order valence-electron chi connectivity index (χ4n) is 1.37. The highest BCUT2D eigenvalue weighted by molar-refractivity contribution is 7.13. The summed E-state index contributed by atoms with van der Waals surface area (Å²) < 4.78 is 6.58. The fourth-order valence-corrected chi connectivity index (χ4v) is 2.37. The summed E-state index contributed by atoms with van der Waals surface area (Å²) in [5.74, 6) is 0. The minimum atomic E-state index is 0.530. The van der Waals surface area contributed by atoms with Crippen molar-refractivity contribution in [3.05, 3.63) is 18.0 Å². The number of nitrogens with zero attached hydrogens (tertiary/aromatic N) is 2. The van der Waals surface area contributed by atoms with Crippen LogP contribution in [0.2, 0.25) is 0 Å². The van der Waals surface area contributed by atoms with Crippen LogP contribution in [0.1, 0.15) is 25.6 Å². The molecule has 0 spiro atoms. The van der Waals surface area contributed by atoms with Gasteiger partial charge in [0.1, 0.15) is 4.83 Å². The van der Waals surface area contributed by atoms with Crippen LogP contribution in [0, 0.1) is 6.92 Å². The molecule has 0 saturated carbocycles. The lowest BCUT2D eigenvalue weighted by molar-refractivity contribution is 0.626. The predicted octanol–water partition coefficient (Wildman–Crippen LogP) is 2.99.